The summed E-state index contributed by atoms with van der Waals surface area (Å²) < 4.78 is 101. The van der Waals surface area contributed by atoms with Gasteiger partial charge in [-0.2, -0.15) is 13.2 Å². The van der Waals surface area contributed by atoms with Crippen LogP contribution in [0.4, 0.5) is 17.6 Å². The molecular formula is C34H32F4N3O7P3. The topological polar surface area (TPSA) is 124 Å². The Morgan fingerprint density at radius 1 is 0.667 bits per heavy atom. The van der Waals surface area contributed by atoms with Gasteiger partial charge in [-0.05, 0) is 91.7 Å². The van der Waals surface area contributed by atoms with Crippen LogP contribution in [0.1, 0.15) is 16.7 Å². The van der Waals surface area contributed by atoms with Crippen LogP contribution in [-0.4, -0.2) is 11.9 Å². The second-order valence-corrected chi connectivity index (χ2v) is 15.9. The van der Waals surface area contributed by atoms with Gasteiger partial charge in [-0.3, -0.25) is 4.52 Å². The van der Waals surface area contributed by atoms with Gasteiger partial charge < -0.3 is 27.7 Å². The van der Waals surface area contributed by atoms with Gasteiger partial charge in [0, 0.05) is 6.07 Å². The molecule has 10 nitrogen and oxygen atoms in total. The predicted molar refractivity (Wildman–Crippen MR) is 188 cm³/mol. The molecule has 17 heteroatoms. The lowest BCUT2D eigenvalue weighted by Crippen LogP contribution is -2.06. The molecule has 0 saturated carbocycles. The van der Waals surface area contributed by atoms with E-state index >= 15 is 0 Å². The first-order valence-electron chi connectivity index (χ1n) is 15.0. The van der Waals surface area contributed by atoms with E-state index in [0.29, 0.717) is 6.07 Å². The number of alkyl halides is 3. The number of para-hydroxylation sites is 1. The summed E-state index contributed by atoms with van der Waals surface area (Å²) >= 11 is 0. The Balaban J connectivity index is 1.80. The van der Waals surface area contributed by atoms with E-state index in [9.17, 15) is 27.8 Å². The molecule has 3 unspecified atom stereocenters. The zero-order chi connectivity index (χ0) is 36.5. The van der Waals surface area contributed by atoms with Gasteiger partial charge in [-0.1, -0.05) is 59.1 Å². The number of benzene rings is 5. The first kappa shape index (κ1) is 37.7. The zero-order valence-corrected chi connectivity index (χ0v) is 29.8. The van der Waals surface area contributed by atoms with Crippen molar-refractivity contribution in [2.45, 2.75) is 20.0 Å². The molecule has 0 radical (unpaired) electrons. The Bertz CT molecular complexity index is 2050. The van der Waals surface area contributed by atoms with E-state index in [1.54, 1.807) is 86.6 Å². The Labute approximate surface area is 292 Å². The van der Waals surface area contributed by atoms with Gasteiger partial charge >= 0.3 is 21.5 Å². The minimum absolute atomic E-state index is 0.0890. The second kappa shape index (κ2) is 16.6. The maximum Gasteiger partial charge on any atom is 0.458 e. The zero-order valence-electron chi connectivity index (χ0n) is 27.0. The third kappa shape index (κ3) is 11.2. The molecule has 0 fully saturated rings. The van der Waals surface area contributed by atoms with Crippen LogP contribution >= 0.6 is 23.5 Å². The molecule has 51 heavy (non-hydrogen) atoms. The molecule has 5 aromatic carbocycles. The van der Waals surface area contributed by atoms with E-state index in [-0.39, 0.29) is 23.0 Å². The maximum absolute atomic E-state index is 14.6. The second-order valence-electron chi connectivity index (χ2n) is 10.6. The molecular weight excluding hydrogens is 731 g/mol. The van der Waals surface area contributed by atoms with Crippen molar-refractivity contribution in [3.8, 4) is 28.7 Å². The molecule has 0 spiro atoms. The molecule has 0 aliphatic heterocycles. The number of aryl methyl sites for hydroxylation is 2. The molecule has 0 amide bonds. The van der Waals surface area contributed by atoms with Gasteiger partial charge in [0.2, 0.25) is 0 Å². The number of aliphatic hydroxyl groups excluding tert-OH is 1. The standard InChI is InChI=1S/C34H32F4N3O7P3/c1-25-10-6-16-30(20-25)45-50(39,46-32-18-8-12-27(22-32)34(36,37)38)41-51(47-31-17-7-11-26(2)21-31,48-33-19-9-13-28(35)23-33)40-49(43-24-42)44-29-14-4-3-5-15-29/h3-23,39,42,49H,24H2,1-2H3. The maximum atomic E-state index is 14.6. The summed E-state index contributed by atoms with van der Waals surface area (Å²) in [6.45, 7) is 2.69. The monoisotopic (exact) mass is 763 g/mol. The highest BCUT2D eigenvalue weighted by Crippen LogP contribution is 2.67. The predicted octanol–water partition coefficient (Wildman–Crippen LogP) is 11.8. The van der Waals surface area contributed by atoms with E-state index in [0.717, 1.165) is 29.3 Å². The third-order valence-corrected chi connectivity index (χ3v) is 12.5. The summed E-state index contributed by atoms with van der Waals surface area (Å²) in [5.74, 6) is -0.728. The molecule has 0 saturated heterocycles. The Morgan fingerprint density at radius 3 is 1.73 bits per heavy atom. The smallest absolute Gasteiger partial charge is 0.440 e. The minimum atomic E-state index is -4.73. The average molecular weight is 764 g/mol. The Morgan fingerprint density at radius 2 is 1.18 bits per heavy atom. The summed E-state index contributed by atoms with van der Waals surface area (Å²) in [6.07, 6.45) is -4.73. The number of hydrogen-bond donors (Lipinski definition) is 2. The molecule has 0 bridgehead atoms. The van der Waals surface area contributed by atoms with E-state index in [4.69, 9.17) is 27.1 Å². The van der Waals surface area contributed by atoms with Crippen molar-refractivity contribution in [2.24, 2.45) is 9.03 Å². The molecule has 0 aliphatic carbocycles. The highest BCUT2D eigenvalue weighted by atomic mass is 31.2. The van der Waals surface area contributed by atoms with E-state index < -0.39 is 53.6 Å². The first-order valence-corrected chi connectivity index (χ1v) is 19.4. The quantitative estimate of drug-likeness (QED) is 0.0655. The van der Waals surface area contributed by atoms with E-state index in [1.807, 2.05) is 0 Å². The van der Waals surface area contributed by atoms with Crippen LogP contribution in [0.2, 0.25) is 0 Å². The van der Waals surface area contributed by atoms with Crippen LogP contribution in [0.25, 0.3) is 0 Å². The van der Waals surface area contributed by atoms with Crippen LogP contribution in [0, 0.1) is 24.8 Å². The van der Waals surface area contributed by atoms with Crippen molar-refractivity contribution in [3.63, 3.8) is 0 Å². The molecule has 2 N–H and O–H groups in total. The third-order valence-electron chi connectivity index (χ3n) is 6.42. The number of rotatable bonds is 14. The van der Waals surface area contributed by atoms with E-state index in [2.05, 4.69) is 9.03 Å². The average Bonchev–Trinajstić information content (AvgIpc) is 3.05. The van der Waals surface area contributed by atoms with Crippen molar-refractivity contribution in [1.82, 2.24) is 0 Å². The number of halogens is 4. The van der Waals surface area contributed by atoms with Crippen LogP contribution in [-0.2, 0) is 10.7 Å². The van der Waals surface area contributed by atoms with Crippen LogP contribution < -0.4 is 22.6 Å². The molecule has 5 rings (SSSR count). The lowest BCUT2D eigenvalue weighted by atomic mass is 10.2. The largest absolute Gasteiger partial charge is 0.458 e. The molecule has 268 valence electrons. The number of hydrogen-bond acceptors (Lipinski definition) is 8. The first-order chi connectivity index (χ1) is 24.3. The van der Waals surface area contributed by atoms with Gasteiger partial charge in [-0.25, -0.2) is 9.55 Å². The molecule has 0 aliphatic rings. The Kier molecular flexibility index (Phi) is 12.3. The van der Waals surface area contributed by atoms with Crippen LogP contribution in [0.5, 0.6) is 28.7 Å². The summed E-state index contributed by atoms with van der Waals surface area (Å²) in [6, 6.07) is 30.3. The van der Waals surface area contributed by atoms with Crippen LogP contribution in [0.3, 0.4) is 0 Å². The fourth-order valence-electron chi connectivity index (χ4n) is 4.30. The number of aliphatic hydroxyl groups is 1. The molecule has 5 aromatic rings. The lowest BCUT2D eigenvalue weighted by molar-refractivity contribution is -0.137. The molecule has 0 heterocycles. The van der Waals surface area contributed by atoms with Crippen molar-refractivity contribution >= 4 is 23.5 Å². The summed E-state index contributed by atoms with van der Waals surface area (Å²) in [7, 11) is -12.2. The van der Waals surface area contributed by atoms with Gasteiger partial charge in [0.25, 0.3) is 8.17 Å². The van der Waals surface area contributed by atoms with E-state index in [1.165, 1.54) is 30.3 Å². The summed E-state index contributed by atoms with van der Waals surface area (Å²) in [4.78, 5) is 0. The summed E-state index contributed by atoms with van der Waals surface area (Å²) in [5.41, 5.74) is 0.434. The summed E-state index contributed by atoms with van der Waals surface area (Å²) in [5, 5.41) is 19.4. The number of nitrogens with zero attached hydrogens (tertiary/aromatic N) is 2. The Hall–Kier alpha value is -4.57. The number of nitrogens with one attached hydrogen (secondary N) is 1. The molecule has 0 aromatic heterocycles. The van der Waals surface area contributed by atoms with Gasteiger partial charge in [0.1, 0.15) is 34.6 Å². The highest BCUT2D eigenvalue weighted by molar-refractivity contribution is 7.69. The fourth-order valence-corrected chi connectivity index (χ4v) is 10.3. The van der Waals surface area contributed by atoms with Gasteiger partial charge in [0.05, 0.1) is 5.56 Å². The van der Waals surface area contributed by atoms with Crippen molar-refractivity contribution in [1.29, 1.82) is 5.16 Å². The van der Waals surface area contributed by atoms with Crippen molar-refractivity contribution in [2.75, 3.05) is 6.79 Å². The van der Waals surface area contributed by atoms with Crippen molar-refractivity contribution in [3.05, 3.63) is 150 Å². The highest BCUT2D eigenvalue weighted by Gasteiger charge is 2.37. The van der Waals surface area contributed by atoms with Gasteiger partial charge in [-0.15, -0.1) is 4.52 Å². The van der Waals surface area contributed by atoms with Crippen molar-refractivity contribution < 1.29 is 49.8 Å². The van der Waals surface area contributed by atoms with Gasteiger partial charge in [0.15, 0.2) is 6.79 Å². The minimum Gasteiger partial charge on any atom is -0.440 e. The normalized spacial score (nSPS) is 14.4. The SMILES string of the molecule is Cc1cccc(OP(=N)(N=P(/N=[PH](/OCO)Oc2ccccc2)(Oc2cccc(C)c2)Oc2cccc(F)c2)Oc2cccc(C(F)(F)F)c2)c1. The van der Waals surface area contributed by atoms with Crippen LogP contribution in [0.15, 0.2) is 136 Å². The fraction of sp³-hybridized carbons (Fsp3) is 0.118. The lowest BCUT2D eigenvalue weighted by Gasteiger charge is -2.26. The molecule has 3 atom stereocenters.